The molecule has 3 rings (SSSR count). The third-order valence-corrected chi connectivity index (χ3v) is 8.83. The Hall–Kier alpha value is -2.59. The Kier molecular flexibility index (Phi) is 10.6. The van der Waals surface area contributed by atoms with E-state index in [0.29, 0.717) is 27.8 Å². The first kappa shape index (κ1) is 30.0. The van der Waals surface area contributed by atoms with Crippen LogP contribution in [0.15, 0.2) is 82.2 Å². The average molecular weight is 641 g/mol. The molecule has 1 N–H and O–H groups in total. The van der Waals surface area contributed by atoms with Crippen LogP contribution in [-0.2, 0) is 26.2 Å². The lowest BCUT2D eigenvalue weighted by Gasteiger charge is -2.32. The summed E-state index contributed by atoms with van der Waals surface area (Å²) < 4.78 is 29.2. The maximum atomic E-state index is 13.8. The van der Waals surface area contributed by atoms with Gasteiger partial charge in [-0.2, -0.15) is 0 Å². The van der Waals surface area contributed by atoms with Gasteiger partial charge in [0.25, 0.3) is 10.0 Å². The van der Waals surface area contributed by atoms with E-state index in [0.717, 1.165) is 15.2 Å². The lowest BCUT2D eigenvalue weighted by atomic mass is 10.1. The zero-order valence-corrected chi connectivity index (χ0v) is 24.8. The molecule has 0 aliphatic heterocycles. The van der Waals surface area contributed by atoms with E-state index in [4.69, 9.17) is 23.2 Å². The van der Waals surface area contributed by atoms with Gasteiger partial charge in [-0.15, -0.1) is 0 Å². The summed E-state index contributed by atoms with van der Waals surface area (Å²) in [6.07, 6.45) is 0.728. The highest BCUT2D eigenvalue weighted by atomic mass is 79.9. The van der Waals surface area contributed by atoms with Crippen LogP contribution in [0.25, 0.3) is 0 Å². The summed E-state index contributed by atoms with van der Waals surface area (Å²) in [5.41, 5.74) is 0.951. The highest BCUT2D eigenvalue weighted by molar-refractivity contribution is 9.10. The number of amides is 2. The number of hydrogen-bond acceptors (Lipinski definition) is 4. The largest absolute Gasteiger partial charge is 0.354 e. The Bertz CT molecular complexity index is 1370. The van der Waals surface area contributed by atoms with Crippen LogP contribution in [0.1, 0.15) is 25.8 Å². The maximum absolute atomic E-state index is 13.8. The molecule has 2 amide bonds. The predicted molar refractivity (Wildman–Crippen MR) is 155 cm³/mol. The average Bonchev–Trinajstić information content (AvgIpc) is 2.91. The summed E-state index contributed by atoms with van der Waals surface area (Å²) in [6.45, 7) is 3.48. The molecule has 0 fully saturated rings. The van der Waals surface area contributed by atoms with Gasteiger partial charge in [-0.3, -0.25) is 13.9 Å². The van der Waals surface area contributed by atoms with Crippen LogP contribution >= 0.6 is 39.1 Å². The van der Waals surface area contributed by atoms with Crippen LogP contribution in [0.3, 0.4) is 0 Å². The summed E-state index contributed by atoms with van der Waals surface area (Å²) in [5, 5.41) is 3.47. The molecule has 0 aromatic heterocycles. The maximum Gasteiger partial charge on any atom is 0.264 e. The van der Waals surface area contributed by atoms with Crippen LogP contribution in [0.5, 0.6) is 0 Å². The first-order chi connectivity index (χ1) is 18.0. The van der Waals surface area contributed by atoms with Gasteiger partial charge in [0.15, 0.2) is 0 Å². The second kappa shape index (κ2) is 13.5. The Morgan fingerprint density at radius 2 is 1.63 bits per heavy atom. The van der Waals surface area contributed by atoms with Gasteiger partial charge < -0.3 is 10.2 Å². The van der Waals surface area contributed by atoms with Crippen molar-refractivity contribution >= 4 is 66.7 Å². The van der Waals surface area contributed by atoms with E-state index in [1.54, 1.807) is 67.6 Å². The highest BCUT2D eigenvalue weighted by Gasteiger charge is 2.32. The van der Waals surface area contributed by atoms with E-state index < -0.39 is 28.5 Å². The molecule has 0 saturated heterocycles. The van der Waals surface area contributed by atoms with Crippen LogP contribution in [-0.4, -0.2) is 44.3 Å². The molecule has 0 radical (unpaired) electrons. The predicted octanol–water partition coefficient (Wildman–Crippen LogP) is 5.89. The Morgan fingerprint density at radius 3 is 2.24 bits per heavy atom. The molecule has 0 bridgehead atoms. The van der Waals surface area contributed by atoms with Crippen LogP contribution in [0, 0.1) is 0 Å². The monoisotopic (exact) mass is 639 g/mol. The minimum atomic E-state index is -4.11. The molecule has 3 aromatic carbocycles. The number of benzene rings is 3. The van der Waals surface area contributed by atoms with E-state index in [1.807, 2.05) is 6.92 Å². The fraction of sp³-hybridized carbons (Fsp3) is 0.259. The molecule has 0 aliphatic rings. The topological polar surface area (TPSA) is 86.8 Å². The van der Waals surface area contributed by atoms with Gasteiger partial charge >= 0.3 is 0 Å². The number of carbonyl (C=O) groups is 2. The third kappa shape index (κ3) is 7.50. The van der Waals surface area contributed by atoms with Crippen molar-refractivity contribution in [1.82, 2.24) is 10.2 Å². The lowest BCUT2D eigenvalue weighted by Crippen LogP contribution is -2.51. The number of hydrogen-bond donors (Lipinski definition) is 1. The van der Waals surface area contributed by atoms with Crippen LogP contribution < -0.4 is 9.62 Å². The quantitative estimate of drug-likeness (QED) is 0.283. The fourth-order valence-corrected chi connectivity index (χ4v) is 5.69. The summed E-state index contributed by atoms with van der Waals surface area (Å²) >= 11 is 15.6. The number of carbonyl (C=O) groups excluding carboxylic acids is 2. The van der Waals surface area contributed by atoms with Gasteiger partial charge in [-0.1, -0.05) is 70.3 Å². The Labute approximate surface area is 241 Å². The van der Waals surface area contributed by atoms with Crippen molar-refractivity contribution in [3.8, 4) is 0 Å². The number of sulfonamides is 1. The van der Waals surface area contributed by atoms with Crippen LogP contribution in [0.4, 0.5) is 5.69 Å². The van der Waals surface area contributed by atoms with Crippen molar-refractivity contribution in [3.05, 3.63) is 92.9 Å². The standard InChI is InChI=1S/C27H28BrCl2N3O4S/c1-3-15-31-27(35)19(2)32(17-20-9-14-24(29)25(30)16-20)26(34)18-33(22-12-10-21(28)11-13-22)38(36,37)23-7-5-4-6-8-23/h4-14,16,19H,3,15,17-18H2,1-2H3,(H,31,35)/t19-/m0/s1. The Morgan fingerprint density at radius 1 is 0.974 bits per heavy atom. The molecule has 0 aliphatic carbocycles. The molecule has 202 valence electrons. The summed E-state index contributed by atoms with van der Waals surface area (Å²) in [6, 6.07) is 18.6. The molecule has 0 saturated carbocycles. The van der Waals surface area contributed by atoms with Crippen molar-refractivity contribution in [2.75, 3.05) is 17.4 Å². The smallest absolute Gasteiger partial charge is 0.264 e. The summed E-state index contributed by atoms with van der Waals surface area (Å²) in [7, 11) is -4.11. The second-order valence-corrected chi connectivity index (χ2v) is 12.1. The molecule has 0 spiro atoms. The number of nitrogens with zero attached hydrogens (tertiary/aromatic N) is 2. The van der Waals surface area contributed by atoms with Crippen molar-refractivity contribution < 1.29 is 18.0 Å². The third-order valence-electron chi connectivity index (χ3n) is 5.78. The molecule has 0 unspecified atom stereocenters. The van der Waals surface area contributed by atoms with Crippen LogP contribution in [0.2, 0.25) is 10.0 Å². The zero-order chi connectivity index (χ0) is 27.9. The number of halogens is 3. The lowest BCUT2D eigenvalue weighted by molar-refractivity contribution is -0.139. The highest BCUT2D eigenvalue weighted by Crippen LogP contribution is 2.27. The van der Waals surface area contributed by atoms with Gasteiger partial charge in [-0.05, 0) is 67.4 Å². The van der Waals surface area contributed by atoms with Crippen molar-refractivity contribution in [2.24, 2.45) is 0 Å². The Balaban J connectivity index is 2.01. The van der Waals surface area contributed by atoms with E-state index in [2.05, 4.69) is 21.2 Å². The zero-order valence-electron chi connectivity index (χ0n) is 20.9. The van der Waals surface area contributed by atoms with Gasteiger partial charge in [0.2, 0.25) is 11.8 Å². The van der Waals surface area contributed by atoms with Crippen molar-refractivity contribution in [1.29, 1.82) is 0 Å². The van der Waals surface area contributed by atoms with E-state index in [-0.39, 0.29) is 17.3 Å². The fourth-order valence-electron chi connectivity index (χ4n) is 3.67. The molecular weight excluding hydrogens is 613 g/mol. The summed E-state index contributed by atoms with van der Waals surface area (Å²) in [4.78, 5) is 28.1. The van der Waals surface area contributed by atoms with Crippen molar-refractivity contribution in [3.63, 3.8) is 0 Å². The molecule has 7 nitrogen and oxygen atoms in total. The minimum absolute atomic E-state index is 0.0238. The van der Waals surface area contributed by atoms with Gasteiger partial charge in [0.1, 0.15) is 12.6 Å². The van der Waals surface area contributed by atoms with E-state index in [1.165, 1.54) is 17.0 Å². The molecule has 0 heterocycles. The van der Waals surface area contributed by atoms with Crippen molar-refractivity contribution in [2.45, 2.75) is 37.8 Å². The molecule has 38 heavy (non-hydrogen) atoms. The molecule has 1 atom stereocenters. The number of rotatable bonds is 11. The molecular formula is C27H28BrCl2N3O4S. The first-order valence-electron chi connectivity index (χ1n) is 11.9. The summed E-state index contributed by atoms with van der Waals surface area (Å²) in [5.74, 6) is -0.904. The SMILES string of the molecule is CCCNC(=O)[C@H](C)N(Cc1ccc(Cl)c(Cl)c1)C(=O)CN(c1ccc(Br)cc1)S(=O)(=O)c1ccccc1. The molecule has 11 heteroatoms. The van der Waals surface area contributed by atoms with E-state index >= 15 is 0 Å². The molecule has 3 aromatic rings. The van der Waals surface area contributed by atoms with Gasteiger partial charge in [0.05, 0.1) is 20.6 Å². The normalized spacial score (nSPS) is 12.0. The number of anilines is 1. The second-order valence-electron chi connectivity index (χ2n) is 8.54. The van der Waals surface area contributed by atoms with Gasteiger partial charge in [0, 0.05) is 17.6 Å². The number of nitrogens with one attached hydrogen (secondary N) is 1. The first-order valence-corrected chi connectivity index (χ1v) is 14.9. The minimum Gasteiger partial charge on any atom is -0.354 e. The van der Waals surface area contributed by atoms with Gasteiger partial charge in [-0.25, -0.2) is 8.42 Å². The van der Waals surface area contributed by atoms with E-state index in [9.17, 15) is 18.0 Å².